The number of H-pyrrole nitrogens is 1. The Morgan fingerprint density at radius 1 is 1.19 bits per heavy atom. The highest BCUT2D eigenvalue weighted by Gasteiger charge is 2.35. The second kappa shape index (κ2) is 13.3. The first-order chi connectivity index (χ1) is 17.9. The Hall–Kier alpha value is -4.13. The number of rotatable bonds is 7. The third kappa shape index (κ3) is 6.97. The maximum Gasteiger partial charge on any atom is 0.327 e. The van der Waals surface area contributed by atoms with Crippen LogP contribution in [0.25, 0.3) is 22.2 Å². The Morgan fingerprint density at radius 3 is 2.51 bits per heavy atom. The molecule has 0 aliphatic carbocycles. The van der Waals surface area contributed by atoms with E-state index in [4.69, 9.17) is 24.5 Å². The number of carbonyl (C=O) groups excluding carboxylic acids is 2. The van der Waals surface area contributed by atoms with Gasteiger partial charge in [0.25, 0.3) is 12.9 Å². The topological polar surface area (TPSA) is 181 Å². The minimum Gasteiger partial charge on any atom is -0.483 e. The first-order valence-corrected chi connectivity index (χ1v) is 11.9. The molecule has 0 unspecified atom stereocenters. The summed E-state index contributed by atoms with van der Waals surface area (Å²) in [5.41, 5.74) is 2.78. The molecule has 2 aromatic heterocycles. The van der Waals surface area contributed by atoms with Gasteiger partial charge in [-0.1, -0.05) is 11.3 Å². The highest BCUT2D eigenvalue weighted by Crippen LogP contribution is 2.35. The SMILES string of the molecule is CCOC(=O)Cn1cc(-c2ccc3c(C(=O)C[C@H]4CN5CCC4CC5)n[nH]c3c2)nn1.O=CO.O=CO. The predicted molar refractivity (Wildman–Crippen MR) is 131 cm³/mol. The van der Waals surface area contributed by atoms with E-state index in [1.54, 1.807) is 13.1 Å². The minimum absolute atomic E-state index is 0.0192. The van der Waals surface area contributed by atoms with Crippen molar-refractivity contribution in [2.24, 2.45) is 11.8 Å². The quantitative estimate of drug-likeness (QED) is 0.237. The van der Waals surface area contributed by atoms with Crippen molar-refractivity contribution in [1.82, 2.24) is 30.1 Å². The molecule has 1 atom stereocenters. The van der Waals surface area contributed by atoms with Crippen LogP contribution in [-0.4, -0.2) is 91.2 Å². The molecule has 3 aliphatic rings. The maximum absolute atomic E-state index is 13.0. The highest BCUT2D eigenvalue weighted by molar-refractivity contribution is 6.06. The number of benzene rings is 1. The number of carbonyl (C=O) groups is 4. The van der Waals surface area contributed by atoms with Crippen LogP contribution in [0.3, 0.4) is 0 Å². The average molecular weight is 515 g/mol. The summed E-state index contributed by atoms with van der Waals surface area (Å²) in [5, 5.41) is 30.1. The number of nitrogens with zero attached hydrogens (tertiary/aromatic N) is 5. The smallest absolute Gasteiger partial charge is 0.327 e. The number of Topliss-reactive ketones (excluding diaryl/α,β-unsaturated/α-hetero) is 1. The van der Waals surface area contributed by atoms with Gasteiger partial charge in [-0.3, -0.25) is 24.3 Å². The molecule has 6 rings (SSSR count). The number of ether oxygens (including phenoxy) is 1. The number of esters is 1. The predicted octanol–water partition coefficient (Wildman–Crippen LogP) is 1.70. The molecule has 1 aromatic carbocycles. The molecule has 3 aliphatic heterocycles. The second-order valence-corrected chi connectivity index (χ2v) is 8.68. The van der Waals surface area contributed by atoms with Crippen LogP contribution in [0, 0.1) is 11.8 Å². The lowest BCUT2D eigenvalue weighted by molar-refractivity contribution is -0.144. The number of aromatic nitrogens is 5. The van der Waals surface area contributed by atoms with Crippen LogP contribution in [-0.2, 0) is 25.7 Å². The van der Waals surface area contributed by atoms with Crippen molar-refractivity contribution in [3.05, 3.63) is 30.1 Å². The van der Waals surface area contributed by atoms with E-state index in [2.05, 4.69) is 25.4 Å². The summed E-state index contributed by atoms with van der Waals surface area (Å²) < 4.78 is 6.39. The van der Waals surface area contributed by atoms with Gasteiger partial charge in [0.1, 0.15) is 17.9 Å². The zero-order valence-electron chi connectivity index (χ0n) is 20.4. The maximum atomic E-state index is 13.0. The first kappa shape index (κ1) is 27.5. The van der Waals surface area contributed by atoms with Crippen molar-refractivity contribution >= 4 is 35.6 Å². The third-order valence-corrected chi connectivity index (χ3v) is 6.50. The largest absolute Gasteiger partial charge is 0.483 e. The molecule has 198 valence electrons. The molecule has 0 radical (unpaired) electrons. The van der Waals surface area contributed by atoms with E-state index in [1.807, 2.05) is 18.2 Å². The summed E-state index contributed by atoms with van der Waals surface area (Å²) in [6.45, 7) is 5.00. The van der Waals surface area contributed by atoms with Crippen LogP contribution in [0.1, 0.15) is 36.7 Å². The normalized spacial score (nSPS) is 19.6. The van der Waals surface area contributed by atoms with E-state index in [0.29, 0.717) is 36.3 Å². The fourth-order valence-electron chi connectivity index (χ4n) is 4.89. The van der Waals surface area contributed by atoms with Crippen LogP contribution in [0.15, 0.2) is 24.4 Å². The second-order valence-electron chi connectivity index (χ2n) is 8.68. The molecule has 37 heavy (non-hydrogen) atoms. The molecule has 0 saturated carbocycles. The van der Waals surface area contributed by atoms with E-state index in [-0.39, 0.29) is 31.2 Å². The molecule has 3 N–H and O–H groups in total. The van der Waals surface area contributed by atoms with Crippen molar-refractivity contribution < 1.29 is 34.1 Å². The van der Waals surface area contributed by atoms with Gasteiger partial charge in [0, 0.05) is 23.9 Å². The van der Waals surface area contributed by atoms with Gasteiger partial charge < -0.3 is 19.8 Å². The summed E-state index contributed by atoms with van der Waals surface area (Å²) in [7, 11) is 0. The standard InChI is InChI=1S/C22H26N6O3.2CH2O2/c1-2-31-21(30)13-28-12-19(24-26-28)15-3-4-17-18(9-15)23-25-22(17)20(29)10-16-11-27-7-5-14(16)6-8-27;2*2-1-3/h3-4,9,12,14,16H,2,5-8,10-11,13H2,1H3,(H,23,25);2*1H,(H,2,3)/t16-;;/m0../s1. The van der Waals surface area contributed by atoms with E-state index < -0.39 is 0 Å². The summed E-state index contributed by atoms with van der Waals surface area (Å²) in [6, 6.07) is 5.72. The number of hydrogen-bond donors (Lipinski definition) is 3. The molecule has 3 aromatic rings. The Morgan fingerprint density at radius 2 is 1.89 bits per heavy atom. The molecule has 0 amide bonds. The summed E-state index contributed by atoms with van der Waals surface area (Å²) in [5.74, 6) is 0.866. The van der Waals surface area contributed by atoms with Crippen LogP contribution in [0.5, 0.6) is 0 Å². The number of nitrogens with one attached hydrogen (secondary N) is 1. The zero-order chi connectivity index (χ0) is 26.8. The molecule has 3 fully saturated rings. The van der Waals surface area contributed by atoms with Crippen molar-refractivity contribution in [3.8, 4) is 11.3 Å². The summed E-state index contributed by atoms with van der Waals surface area (Å²) in [4.78, 5) is 43.8. The molecule has 13 heteroatoms. The lowest BCUT2D eigenvalue weighted by atomic mass is 9.76. The lowest BCUT2D eigenvalue weighted by Crippen LogP contribution is -2.47. The van der Waals surface area contributed by atoms with Gasteiger partial charge >= 0.3 is 5.97 Å². The van der Waals surface area contributed by atoms with E-state index in [9.17, 15) is 9.59 Å². The monoisotopic (exact) mass is 514 g/mol. The Labute approximate surface area is 212 Å². The Balaban J connectivity index is 0.000000580. The minimum atomic E-state index is -0.353. The average Bonchev–Trinajstić information content (AvgIpc) is 3.53. The van der Waals surface area contributed by atoms with Gasteiger partial charge in [0.15, 0.2) is 5.78 Å². The Kier molecular flexibility index (Phi) is 9.84. The van der Waals surface area contributed by atoms with Crippen LogP contribution >= 0.6 is 0 Å². The van der Waals surface area contributed by atoms with Crippen molar-refractivity contribution in [3.63, 3.8) is 0 Å². The van der Waals surface area contributed by atoms with Gasteiger partial charge in [-0.05, 0) is 56.8 Å². The fraction of sp³-hybridized carbons (Fsp3) is 0.458. The molecule has 2 bridgehead atoms. The van der Waals surface area contributed by atoms with Crippen LogP contribution < -0.4 is 0 Å². The fourth-order valence-corrected chi connectivity index (χ4v) is 4.89. The highest BCUT2D eigenvalue weighted by atomic mass is 16.5. The number of carboxylic acid groups (broad SMARTS) is 2. The van der Waals surface area contributed by atoms with Crippen molar-refractivity contribution in [1.29, 1.82) is 0 Å². The van der Waals surface area contributed by atoms with Gasteiger partial charge in [0.2, 0.25) is 0 Å². The first-order valence-electron chi connectivity index (χ1n) is 11.9. The third-order valence-electron chi connectivity index (χ3n) is 6.50. The van der Waals surface area contributed by atoms with Gasteiger partial charge in [-0.25, -0.2) is 4.68 Å². The molecular formula is C24H30N6O7. The van der Waals surface area contributed by atoms with Crippen molar-refractivity contribution in [2.75, 3.05) is 26.2 Å². The Bertz CT molecular complexity index is 1210. The molecular weight excluding hydrogens is 484 g/mol. The number of hydrogen-bond acceptors (Lipinski definition) is 9. The molecule has 0 spiro atoms. The van der Waals surface area contributed by atoms with Gasteiger partial charge in [-0.15, -0.1) is 5.10 Å². The number of aromatic amines is 1. The van der Waals surface area contributed by atoms with Gasteiger partial charge in [0.05, 0.1) is 18.3 Å². The number of ketones is 1. The zero-order valence-corrected chi connectivity index (χ0v) is 20.4. The van der Waals surface area contributed by atoms with Crippen molar-refractivity contribution in [2.45, 2.75) is 32.7 Å². The molecule has 5 heterocycles. The van der Waals surface area contributed by atoms with E-state index in [0.717, 1.165) is 23.0 Å². The number of piperidine rings is 3. The van der Waals surface area contributed by atoms with Gasteiger partial charge in [-0.2, -0.15) is 5.10 Å². The van der Waals surface area contributed by atoms with Crippen LogP contribution in [0.2, 0.25) is 0 Å². The lowest BCUT2D eigenvalue weighted by Gasteiger charge is -2.44. The van der Waals surface area contributed by atoms with Crippen LogP contribution in [0.4, 0.5) is 0 Å². The van der Waals surface area contributed by atoms with E-state index in [1.165, 1.54) is 30.6 Å². The van der Waals surface area contributed by atoms with E-state index >= 15 is 0 Å². The summed E-state index contributed by atoms with van der Waals surface area (Å²) in [6.07, 6.45) is 4.68. The number of fused-ring (bicyclic) bond motifs is 4. The molecule has 3 saturated heterocycles. The molecule has 13 nitrogen and oxygen atoms in total. The summed E-state index contributed by atoms with van der Waals surface area (Å²) >= 11 is 0.